The maximum Gasteiger partial charge on any atom is 0.123 e. The van der Waals surface area contributed by atoms with Gasteiger partial charge in [0.1, 0.15) is 5.82 Å². The number of benzene rings is 5. The van der Waals surface area contributed by atoms with Gasteiger partial charge in [0.15, 0.2) is 0 Å². The molecule has 5 aromatic carbocycles. The van der Waals surface area contributed by atoms with Crippen LogP contribution < -0.4 is 5.19 Å². The summed E-state index contributed by atoms with van der Waals surface area (Å²) < 4.78 is 64.8. The quantitative estimate of drug-likeness (QED) is 0.118. The van der Waals surface area contributed by atoms with Crippen molar-refractivity contribution < 1.29 is 32.7 Å². The second-order valence-electron chi connectivity index (χ2n) is 13.6. The van der Waals surface area contributed by atoms with Crippen LogP contribution in [0.3, 0.4) is 0 Å². The minimum absolute atomic E-state index is 0. The predicted molar refractivity (Wildman–Crippen MR) is 221 cm³/mol. The average molecular weight is 911 g/mol. The van der Waals surface area contributed by atoms with Gasteiger partial charge in [-0.2, -0.15) is 11.3 Å². The van der Waals surface area contributed by atoms with E-state index in [2.05, 4.69) is 41.7 Å². The van der Waals surface area contributed by atoms with Crippen molar-refractivity contribution in [2.75, 3.05) is 0 Å². The molecule has 1 radical (unpaired) electrons. The number of hydrogen-bond acceptors (Lipinski definition) is 3. The van der Waals surface area contributed by atoms with E-state index in [-0.39, 0.29) is 31.5 Å². The number of rotatable bonds is 7. The molecule has 8 aromatic rings. The summed E-state index contributed by atoms with van der Waals surface area (Å²) in [5.41, 5.74) is 6.08. The molecule has 1 unspecified atom stereocenters. The Morgan fingerprint density at radius 2 is 1.49 bits per heavy atom. The van der Waals surface area contributed by atoms with Crippen LogP contribution in [0.1, 0.15) is 48.9 Å². The van der Waals surface area contributed by atoms with Crippen molar-refractivity contribution in [3.8, 4) is 22.5 Å². The van der Waals surface area contributed by atoms with E-state index in [9.17, 15) is 5.76 Å². The molecule has 0 saturated heterocycles. The first kappa shape index (κ1) is 30.8. The zero-order chi connectivity index (χ0) is 41.5. The van der Waals surface area contributed by atoms with Crippen molar-refractivity contribution in [1.29, 1.82) is 0 Å². The maximum absolute atomic E-state index is 13.8. The predicted octanol–water partition coefficient (Wildman–Crippen LogP) is 12.2. The Morgan fingerprint density at radius 1 is 0.774 bits per heavy atom. The van der Waals surface area contributed by atoms with Crippen LogP contribution >= 0.6 is 11.3 Å². The number of hydrogen-bond donors (Lipinski definition) is 0. The minimum Gasteiger partial charge on any atom is -0.305 e. The Balaban J connectivity index is 0.000000195. The van der Waals surface area contributed by atoms with Gasteiger partial charge in [0.25, 0.3) is 0 Å². The number of thiophene rings is 1. The molecule has 6 heteroatoms. The number of halogens is 1. The zero-order valence-corrected chi connectivity index (χ0v) is 34.0. The topological polar surface area (TPSA) is 25.8 Å². The van der Waals surface area contributed by atoms with Crippen LogP contribution in [0.15, 0.2) is 140 Å². The van der Waals surface area contributed by atoms with Crippen molar-refractivity contribution in [3.63, 3.8) is 0 Å². The van der Waals surface area contributed by atoms with Gasteiger partial charge >= 0.3 is 0 Å². The third kappa shape index (κ3) is 8.97. The van der Waals surface area contributed by atoms with Crippen LogP contribution in [0, 0.1) is 24.8 Å². The summed E-state index contributed by atoms with van der Waals surface area (Å²) in [4.78, 5) is 9.09. The molecule has 0 bridgehead atoms. The number of nitrogens with zero attached hydrogens (tertiary/aromatic N) is 2. The van der Waals surface area contributed by atoms with Crippen molar-refractivity contribution in [2.45, 2.75) is 45.7 Å². The molecular weight excluding hydrogens is 864 g/mol. The summed E-state index contributed by atoms with van der Waals surface area (Å²) in [5.74, 6) is -1.18. The number of pyridine rings is 2. The van der Waals surface area contributed by atoms with E-state index in [1.54, 1.807) is 66.1 Å². The third-order valence-electron chi connectivity index (χ3n) is 8.87. The first-order valence-electron chi connectivity index (χ1n) is 20.1. The van der Waals surface area contributed by atoms with Crippen LogP contribution in [-0.4, -0.2) is 18.0 Å². The van der Waals surface area contributed by atoms with Crippen LogP contribution in [0.5, 0.6) is 0 Å². The van der Waals surface area contributed by atoms with Crippen molar-refractivity contribution in [2.24, 2.45) is 0 Å². The van der Waals surface area contributed by atoms with E-state index in [1.807, 2.05) is 79.9 Å². The second kappa shape index (κ2) is 16.6. The molecule has 267 valence electrons. The molecule has 0 N–H and O–H groups in total. The monoisotopic (exact) mass is 911 g/mol. The fourth-order valence-electron chi connectivity index (χ4n) is 6.12. The minimum atomic E-state index is -2.15. The normalized spacial score (nSPS) is 14.6. The van der Waals surface area contributed by atoms with Crippen LogP contribution in [0.4, 0.5) is 4.39 Å². The standard InChI is InChI=1S/C24H15FNS.C23H26NSi.Ir/c25-19-7-9-24-21(15-19)20-14-18(6-8-23(20)27-24)22-13-17(10-11-26-22)12-16-4-2-1-3-5-16;1-17-11-13-20(14-12-17)22-15-21(23(16-24-22)25(3,4)5)18(2)19-9-7-6-8-10-19;/h1-5,7-11,13-15H,12H2;6-13,15-16,18H,1-5H3;/q2*-1;/i12D2;1D3,18D;. The van der Waals surface area contributed by atoms with E-state index in [1.165, 1.54) is 12.1 Å². The maximum atomic E-state index is 13.8. The second-order valence-corrected chi connectivity index (χ2v) is 19.8. The Labute approximate surface area is 339 Å². The fourth-order valence-corrected chi connectivity index (χ4v) is 8.69. The molecule has 0 fully saturated rings. The molecule has 8 rings (SSSR count). The van der Waals surface area contributed by atoms with Gasteiger partial charge in [-0.15, -0.1) is 59.2 Å². The smallest absolute Gasteiger partial charge is 0.123 e. The Kier molecular flexibility index (Phi) is 9.67. The van der Waals surface area contributed by atoms with Crippen LogP contribution in [0.25, 0.3) is 42.7 Å². The molecule has 0 amide bonds. The summed E-state index contributed by atoms with van der Waals surface area (Å²) >= 11 is 1.60. The Bertz CT molecular complexity index is 2720. The summed E-state index contributed by atoms with van der Waals surface area (Å²) in [6.07, 6.45) is 1.88. The molecular formula is C47H41FIrN2SSi-2. The van der Waals surface area contributed by atoms with E-state index < -0.39 is 27.2 Å². The Morgan fingerprint density at radius 3 is 2.21 bits per heavy atom. The van der Waals surface area contributed by atoms with Gasteiger partial charge in [-0.1, -0.05) is 112 Å². The molecule has 1 atom stereocenters. The van der Waals surface area contributed by atoms with Gasteiger partial charge in [-0.05, 0) is 79.6 Å². The number of aromatic nitrogens is 2. The summed E-state index contributed by atoms with van der Waals surface area (Å²) in [6.45, 7) is 6.54. The van der Waals surface area contributed by atoms with Crippen molar-refractivity contribution >= 4 is 44.8 Å². The van der Waals surface area contributed by atoms with Gasteiger partial charge < -0.3 is 9.97 Å². The molecule has 53 heavy (non-hydrogen) atoms. The van der Waals surface area contributed by atoms with E-state index in [4.69, 9.17) is 6.85 Å². The van der Waals surface area contributed by atoms with Gasteiger partial charge in [0, 0.05) is 51.3 Å². The number of fused-ring (bicyclic) bond motifs is 3. The molecule has 3 heterocycles. The molecule has 2 nitrogen and oxygen atoms in total. The van der Waals surface area contributed by atoms with E-state index in [0.29, 0.717) is 22.5 Å². The average Bonchev–Trinajstić information content (AvgIpc) is 3.58. The van der Waals surface area contributed by atoms with Crippen molar-refractivity contribution in [1.82, 2.24) is 9.97 Å². The molecule has 0 saturated carbocycles. The number of aryl methyl sites for hydroxylation is 1. The van der Waals surface area contributed by atoms with Gasteiger partial charge in [-0.3, -0.25) is 0 Å². The zero-order valence-electron chi connectivity index (χ0n) is 35.8. The summed E-state index contributed by atoms with van der Waals surface area (Å²) in [5, 5.41) is 2.98. The van der Waals surface area contributed by atoms with Crippen molar-refractivity contribution in [3.05, 3.63) is 186 Å². The fraction of sp³-hybridized carbons (Fsp3) is 0.149. The van der Waals surface area contributed by atoms with Crippen LogP contribution in [-0.2, 0) is 26.5 Å². The van der Waals surface area contributed by atoms with E-state index in [0.717, 1.165) is 47.6 Å². The first-order valence-corrected chi connectivity index (χ1v) is 21.4. The molecule has 0 spiro atoms. The van der Waals surface area contributed by atoms with Gasteiger partial charge in [0.2, 0.25) is 0 Å². The van der Waals surface area contributed by atoms with Crippen LogP contribution in [0.2, 0.25) is 19.6 Å². The molecule has 0 aliphatic carbocycles. The molecule has 0 aliphatic heterocycles. The Hall–Kier alpha value is -4.58. The molecule has 0 aliphatic rings. The van der Waals surface area contributed by atoms with Gasteiger partial charge in [-0.25, -0.2) is 4.39 Å². The van der Waals surface area contributed by atoms with E-state index >= 15 is 0 Å². The summed E-state index contributed by atoms with van der Waals surface area (Å²) in [6, 6.07) is 44.2. The third-order valence-corrected chi connectivity index (χ3v) is 12.0. The summed E-state index contributed by atoms with van der Waals surface area (Å²) in [7, 11) is -1.75. The SMILES string of the molecule is [2H]C([2H])([2H])c1c[c-]c(-c2cc(C([2H])(C)c3ccccc3)c([Si](C)(C)C)cn2)cc1.[2H]C([2H])(c1ccccc1)c1ccnc(-c2[c-]cc3sc4ccc(F)cc4c3c2)c1.[Ir]. The molecule has 3 aromatic heterocycles. The van der Waals surface area contributed by atoms with Gasteiger partial charge in [0.05, 0.1) is 8.07 Å². The first-order chi connectivity index (χ1) is 27.4. The largest absolute Gasteiger partial charge is 0.305 e.